The Morgan fingerprint density at radius 1 is 0.634 bits per heavy atom. The number of hydrogen-bond acceptors (Lipinski definition) is 12. The summed E-state index contributed by atoms with van der Waals surface area (Å²) in [6, 6.07) is -3.51. The van der Waals surface area contributed by atoms with Gasteiger partial charge in [-0.3, -0.25) is 19.2 Å². The normalized spacial score (nSPS) is 12.6. The molecule has 0 unspecified atom stereocenters. The number of hydrogen-bond donors (Lipinski definition) is 8. The summed E-state index contributed by atoms with van der Waals surface area (Å²) in [6.45, 7) is 0. The summed E-state index contributed by atoms with van der Waals surface area (Å²) in [6.07, 6.45) is 9.30. The van der Waals surface area contributed by atoms with E-state index in [2.05, 4.69) is 42.5 Å². The van der Waals surface area contributed by atoms with Crippen molar-refractivity contribution in [2.45, 2.75) is 43.4 Å². The van der Waals surface area contributed by atoms with E-state index in [-0.39, 0.29) is 47.3 Å². The van der Waals surface area contributed by atoms with Crippen LogP contribution in [0.3, 0.4) is 0 Å². The number of aliphatic carboxylic acids is 4. The third-order valence-electron chi connectivity index (χ3n) is 4.28. The molecule has 0 saturated heterocycles. The van der Waals surface area contributed by atoms with E-state index in [0.29, 0.717) is 17.1 Å². The van der Waals surface area contributed by atoms with Crippen LogP contribution in [-0.4, -0.2) is 89.2 Å². The standard InChI is InChI=1S/3C6H9N3O2.C3H7NO2S.Zn/c3*7-5(6(10)11)1-4-2-8-3-9-4;4-2(1-7)3(5)6;/h3*2-3,5H,1,7H2,(H2,8,9,10,11);2,7H,1,4H2,(H,5,6);/q;;;;+2/p-2/t3*5-;2-;/m0000./s1. The minimum absolute atomic E-state index is 0. The summed E-state index contributed by atoms with van der Waals surface area (Å²) in [5.74, 6) is -4.01. The molecule has 0 spiro atoms. The van der Waals surface area contributed by atoms with Gasteiger partial charge in [-0.1, -0.05) is 54.7 Å². The van der Waals surface area contributed by atoms with Crippen LogP contribution in [-0.2, 0) is 70.5 Å². The smallest absolute Gasteiger partial charge is 0.791 e. The molecule has 12 N–H and O–H groups in total. The predicted octanol–water partition coefficient (Wildman–Crippen LogP) is -3.85. The molecule has 0 aliphatic rings. The molecule has 0 aliphatic heterocycles. The predicted molar refractivity (Wildman–Crippen MR) is 141 cm³/mol. The van der Waals surface area contributed by atoms with Gasteiger partial charge in [0.15, 0.2) is 0 Å². The van der Waals surface area contributed by atoms with E-state index in [1.54, 1.807) is 0 Å². The van der Waals surface area contributed by atoms with Gasteiger partial charge < -0.3 is 85.9 Å². The van der Waals surface area contributed by atoms with Crippen LogP contribution in [0.1, 0.15) is 19.9 Å². The van der Waals surface area contributed by atoms with Gasteiger partial charge in [0.05, 0.1) is 6.04 Å². The quantitative estimate of drug-likeness (QED) is 0.0727. The Morgan fingerprint density at radius 3 is 1.00 bits per heavy atom. The molecule has 3 rings (SSSR count). The van der Waals surface area contributed by atoms with Crippen molar-refractivity contribution in [1.29, 1.82) is 0 Å². The number of nitrogens with zero attached hydrogens (tertiary/aromatic N) is 6. The third kappa shape index (κ3) is 19.1. The van der Waals surface area contributed by atoms with E-state index >= 15 is 0 Å². The van der Waals surface area contributed by atoms with Gasteiger partial charge >= 0.3 is 46.2 Å². The summed E-state index contributed by atoms with van der Waals surface area (Å²) in [5.41, 5.74) is 22.5. The zero-order chi connectivity index (χ0) is 30.7. The van der Waals surface area contributed by atoms with Gasteiger partial charge in [-0.2, -0.15) is 5.75 Å². The summed E-state index contributed by atoms with van der Waals surface area (Å²) < 4.78 is 0. The minimum atomic E-state index is -1.03. The van der Waals surface area contributed by atoms with Crippen LogP contribution in [0.25, 0.3) is 0 Å². The largest absolute Gasteiger partial charge is 2.00 e. The summed E-state index contributed by atoms with van der Waals surface area (Å²) >= 11 is 4.35. The number of rotatable bonds is 11. The molecule has 18 nitrogen and oxygen atoms in total. The number of nitrogens with two attached hydrogens (primary N) is 4. The number of carboxylic acid groups (broad SMARTS) is 4. The Morgan fingerprint density at radius 2 is 0.878 bits per heavy atom. The van der Waals surface area contributed by atoms with Gasteiger partial charge in [0.25, 0.3) is 0 Å². The molecule has 0 aromatic carbocycles. The first-order valence-corrected chi connectivity index (χ1v) is 11.6. The van der Waals surface area contributed by atoms with Crippen molar-refractivity contribution in [2.24, 2.45) is 22.9 Å². The molecule has 0 aliphatic carbocycles. The molecule has 0 bridgehead atoms. The van der Waals surface area contributed by atoms with Crippen LogP contribution in [0.5, 0.6) is 0 Å². The molecule has 3 heterocycles. The molecule has 0 amide bonds. The second-order valence-electron chi connectivity index (χ2n) is 7.60. The summed E-state index contributed by atoms with van der Waals surface area (Å²) in [5, 5.41) is 33.2. The number of carboxylic acids is 4. The molecule has 0 fully saturated rings. The number of carbonyl (C=O) groups is 4. The Balaban J connectivity index is -0.000000234. The van der Waals surface area contributed by atoms with Crippen LogP contribution in [0.2, 0.25) is 0 Å². The number of imidazole rings is 3. The topological polar surface area (TPSA) is 334 Å². The van der Waals surface area contributed by atoms with E-state index < -0.39 is 48.0 Å². The van der Waals surface area contributed by atoms with Gasteiger partial charge in [-0.25, -0.2) is 0 Å². The van der Waals surface area contributed by atoms with Crippen molar-refractivity contribution in [3.63, 3.8) is 0 Å². The Hall–Kier alpha value is -3.68. The Labute approximate surface area is 254 Å². The van der Waals surface area contributed by atoms with Gasteiger partial charge in [0.1, 0.15) is 18.1 Å². The zero-order valence-electron chi connectivity index (χ0n) is 23.6. The number of aromatic nitrogens is 6. The van der Waals surface area contributed by atoms with Crippen molar-refractivity contribution in [1.82, 2.24) is 29.9 Å². The van der Waals surface area contributed by atoms with Crippen molar-refractivity contribution in [2.75, 3.05) is 5.75 Å². The molecule has 41 heavy (non-hydrogen) atoms. The third-order valence-corrected chi connectivity index (χ3v) is 4.64. The first-order chi connectivity index (χ1) is 18.8. The van der Waals surface area contributed by atoms with Gasteiger partial charge in [0, 0.05) is 0 Å². The fraction of sp³-hybridized carbons (Fsp3) is 0.381. The van der Waals surface area contributed by atoms with Crippen LogP contribution in [0.4, 0.5) is 0 Å². The van der Waals surface area contributed by atoms with Crippen molar-refractivity contribution >= 4 is 36.5 Å². The van der Waals surface area contributed by atoms with Crippen molar-refractivity contribution < 1.29 is 61.9 Å². The SMILES string of the molecule is N[C@@H](C[S-])C(=O)O.N[C@@H](Cc1c[n-]cn1)C(=O)O.N[C@@H](Cc1c[n-]cn1)C(=O)O.N[C@@H](Cc1c[n-]cn1)C(=O)O.[H+].[H+].[Zn+2]. The maximum atomic E-state index is 10.3. The minimum Gasteiger partial charge on any atom is -0.791 e. The summed E-state index contributed by atoms with van der Waals surface area (Å²) in [4.78, 5) is 62.9. The van der Waals surface area contributed by atoms with Crippen LogP contribution in [0, 0.1) is 0 Å². The van der Waals surface area contributed by atoms with E-state index in [1.165, 1.54) is 37.6 Å². The molecular formula is C21H32N10O8SZn. The molecule has 4 atom stereocenters. The zero-order valence-corrected chi connectivity index (χ0v) is 25.4. The van der Waals surface area contributed by atoms with Gasteiger partial charge in [0.2, 0.25) is 0 Å². The fourth-order valence-electron chi connectivity index (χ4n) is 2.11. The van der Waals surface area contributed by atoms with Crippen LogP contribution in [0.15, 0.2) is 37.6 Å². The average molecular weight is 650 g/mol. The molecule has 0 radical (unpaired) electrons. The van der Waals surface area contributed by atoms with Gasteiger partial charge in [-0.05, 0) is 19.3 Å². The van der Waals surface area contributed by atoms with E-state index in [0.717, 1.165) is 0 Å². The van der Waals surface area contributed by atoms with E-state index in [4.69, 9.17) is 43.4 Å². The van der Waals surface area contributed by atoms with Crippen LogP contribution < -0.4 is 37.9 Å². The first-order valence-electron chi connectivity index (χ1n) is 11.0. The molecule has 3 aromatic rings. The Bertz CT molecular complexity index is 1010. The molecule has 3 aromatic heterocycles. The van der Waals surface area contributed by atoms with E-state index in [9.17, 15) is 19.2 Å². The fourth-order valence-corrected chi connectivity index (χ4v) is 2.25. The molecule has 0 saturated carbocycles. The maximum absolute atomic E-state index is 10.3. The maximum Gasteiger partial charge on any atom is 2.00 e. The molecule has 20 heteroatoms. The van der Waals surface area contributed by atoms with Crippen LogP contribution >= 0.6 is 0 Å². The Kier molecular flexibility index (Phi) is 21.2. The molecular weight excluding hydrogens is 618 g/mol. The summed E-state index contributed by atoms with van der Waals surface area (Å²) in [7, 11) is 0. The van der Waals surface area contributed by atoms with Gasteiger partial charge in [-0.15, -0.1) is 0 Å². The van der Waals surface area contributed by atoms with Crippen molar-refractivity contribution in [3.05, 3.63) is 54.7 Å². The average Bonchev–Trinajstić information content (AvgIpc) is 3.69. The second-order valence-corrected chi connectivity index (χ2v) is 7.93. The first kappa shape index (κ1) is 39.5. The second kappa shape index (κ2) is 22.1. The van der Waals surface area contributed by atoms with Crippen molar-refractivity contribution in [3.8, 4) is 0 Å². The monoisotopic (exact) mass is 648 g/mol. The molecule has 222 valence electrons. The van der Waals surface area contributed by atoms with E-state index in [1.807, 2.05) is 0 Å².